The van der Waals surface area contributed by atoms with E-state index in [0.717, 1.165) is 17.5 Å². The van der Waals surface area contributed by atoms with Crippen molar-refractivity contribution in [3.63, 3.8) is 0 Å². The number of rotatable bonds is 1. The molecule has 0 aromatic rings. The van der Waals surface area contributed by atoms with Gasteiger partial charge in [0.2, 0.25) is 0 Å². The van der Waals surface area contributed by atoms with Crippen molar-refractivity contribution >= 4 is 22.6 Å². The van der Waals surface area contributed by atoms with E-state index in [0.29, 0.717) is 6.42 Å². The van der Waals surface area contributed by atoms with E-state index in [-0.39, 0.29) is 13.0 Å². The summed E-state index contributed by atoms with van der Waals surface area (Å²) < 4.78 is 26.7. The van der Waals surface area contributed by atoms with Crippen molar-refractivity contribution in [2.24, 2.45) is 0 Å². The van der Waals surface area contributed by atoms with Gasteiger partial charge in [-0.05, 0) is 17.4 Å². The van der Waals surface area contributed by atoms with Gasteiger partial charge in [0, 0.05) is 13.0 Å². The zero-order chi connectivity index (χ0) is 7.61. The molecule has 1 saturated heterocycles. The molecular formula is C5H9F2NS2. The van der Waals surface area contributed by atoms with Crippen molar-refractivity contribution in [3.8, 4) is 0 Å². The fourth-order valence-electron chi connectivity index (χ4n) is 1.000. The third-order valence-electron chi connectivity index (χ3n) is 1.47. The molecule has 5 heteroatoms. The highest BCUT2D eigenvalue weighted by Gasteiger charge is 2.34. The summed E-state index contributed by atoms with van der Waals surface area (Å²) in [5.74, 6) is -2.49. The van der Waals surface area contributed by atoms with E-state index >= 15 is 0 Å². The standard InChI is InChI=1S/C5H9F2NS2/c6-5(7)2-1-3-8(4-5)10-9/h9H,1-4H2. The van der Waals surface area contributed by atoms with Crippen molar-refractivity contribution in [2.75, 3.05) is 13.1 Å². The Morgan fingerprint density at radius 3 is 2.60 bits per heavy atom. The first kappa shape index (κ1) is 8.62. The average Bonchev–Trinajstić information content (AvgIpc) is 1.86. The zero-order valence-electron chi connectivity index (χ0n) is 5.39. The van der Waals surface area contributed by atoms with Crippen LogP contribution in [0.5, 0.6) is 0 Å². The van der Waals surface area contributed by atoms with Crippen LogP contribution in [0, 0.1) is 0 Å². The Hall–Kier alpha value is 0.520. The zero-order valence-corrected chi connectivity index (χ0v) is 7.10. The molecule has 0 spiro atoms. The minimum Gasteiger partial charge on any atom is -0.235 e. The first-order valence-corrected chi connectivity index (χ1v) is 4.91. The van der Waals surface area contributed by atoms with Crippen molar-refractivity contribution in [2.45, 2.75) is 18.8 Å². The van der Waals surface area contributed by atoms with E-state index in [4.69, 9.17) is 0 Å². The molecule has 0 unspecified atom stereocenters. The molecule has 0 radical (unpaired) electrons. The van der Waals surface area contributed by atoms with Crippen LogP contribution >= 0.6 is 22.6 Å². The highest BCUT2D eigenvalue weighted by atomic mass is 33.1. The second kappa shape index (κ2) is 3.28. The molecule has 1 aliphatic heterocycles. The summed E-state index contributed by atoms with van der Waals surface area (Å²) in [5.41, 5.74) is 0. The van der Waals surface area contributed by atoms with Crippen LogP contribution in [0.2, 0.25) is 0 Å². The van der Waals surface area contributed by atoms with Crippen molar-refractivity contribution in [3.05, 3.63) is 0 Å². The highest BCUT2D eigenvalue weighted by molar-refractivity contribution is 8.67. The third kappa shape index (κ3) is 2.29. The van der Waals surface area contributed by atoms with E-state index in [1.54, 1.807) is 4.31 Å². The van der Waals surface area contributed by atoms with E-state index < -0.39 is 5.92 Å². The summed E-state index contributed by atoms with van der Waals surface area (Å²) in [7, 11) is 1.10. The first-order chi connectivity index (χ1) is 4.64. The van der Waals surface area contributed by atoms with Gasteiger partial charge in [0.25, 0.3) is 5.92 Å². The molecule has 0 aromatic carbocycles. The summed E-state index contributed by atoms with van der Waals surface area (Å²) in [4.78, 5) is 0. The van der Waals surface area contributed by atoms with Gasteiger partial charge in [-0.2, -0.15) is 0 Å². The molecule has 0 saturated carbocycles. The Labute approximate surface area is 68.1 Å². The first-order valence-electron chi connectivity index (χ1n) is 3.08. The Morgan fingerprint density at radius 2 is 2.20 bits per heavy atom. The van der Waals surface area contributed by atoms with Gasteiger partial charge in [0.15, 0.2) is 0 Å². The van der Waals surface area contributed by atoms with E-state index in [1.807, 2.05) is 0 Å². The molecule has 0 N–H and O–H groups in total. The molecule has 0 aromatic heterocycles. The largest absolute Gasteiger partial charge is 0.261 e. The maximum Gasteiger partial charge on any atom is 0.261 e. The predicted octanol–water partition coefficient (Wildman–Crippen LogP) is 2.21. The van der Waals surface area contributed by atoms with Crippen LogP contribution in [0.4, 0.5) is 8.78 Å². The number of halogens is 2. The molecule has 10 heavy (non-hydrogen) atoms. The molecule has 60 valence electrons. The summed E-state index contributed by atoms with van der Waals surface area (Å²) in [6.45, 7) is 0.574. The highest BCUT2D eigenvalue weighted by Crippen LogP contribution is 2.30. The monoisotopic (exact) mass is 185 g/mol. The van der Waals surface area contributed by atoms with Crippen LogP contribution in [-0.4, -0.2) is 23.3 Å². The fourth-order valence-corrected chi connectivity index (χ4v) is 1.88. The second-order valence-corrected chi connectivity index (χ2v) is 3.57. The summed E-state index contributed by atoms with van der Waals surface area (Å²) in [5, 5.41) is 0. The minimum atomic E-state index is -2.49. The molecule has 1 rings (SSSR count). The van der Waals surface area contributed by atoms with Crippen LogP contribution < -0.4 is 0 Å². The molecular weight excluding hydrogens is 176 g/mol. The maximum atomic E-state index is 12.6. The van der Waals surface area contributed by atoms with Crippen molar-refractivity contribution in [1.82, 2.24) is 4.31 Å². The molecule has 1 nitrogen and oxygen atoms in total. The fraction of sp³-hybridized carbons (Fsp3) is 1.00. The van der Waals surface area contributed by atoms with Gasteiger partial charge in [-0.3, -0.25) is 0 Å². The van der Waals surface area contributed by atoms with Crippen molar-refractivity contribution < 1.29 is 8.78 Å². The van der Waals surface area contributed by atoms with Crippen LogP contribution in [-0.2, 0) is 0 Å². The summed E-state index contributed by atoms with van der Waals surface area (Å²) >= 11 is 3.85. The van der Waals surface area contributed by atoms with Crippen molar-refractivity contribution in [1.29, 1.82) is 0 Å². The normalized spacial score (nSPS) is 26.7. The molecule has 0 bridgehead atoms. The number of hydrogen-bond donors (Lipinski definition) is 1. The SMILES string of the molecule is FC1(F)CCCN(SS)C1. The van der Waals surface area contributed by atoms with Crippen LogP contribution in [0.25, 0.3) is 0 Å². The smallest absolute Gasteiger partial charge is 0.235 e. The summed E-state index contributed by atoms with van der Waals surface area (Å²) in [6, 6.07) is 0. The van der Waals surface area contributed by atoms with Crippen LogP contribution in [0.3, 0.4) is 0 Å². The van der Waals surface area contributed by atoms with Gasteiger partial charge in [0.1, 0.15) is 0 Å². The van der Waals surface area contributed by atoms with E-state index in [2.05, 4.69) is 11.7 Å². The minimum absolute atomic E-state index is 0.0256. The van der Waals surface area contributed by atoms with Crippen LogP contribution in [0.1, 0.15) is 12.8 Å². The molecule has 1 fully saturated rings. The number of hydrogen-bond acceptors (Lipinski definition) is 3. The number of thiol groups is 1. The van der Waals surface area contributed by atoms with Gasteiger partial charge in [-0.15, -0.1) is 0 Å². The predicted molar refractivity (Wildman–Crippen MR) is 42.3 cm³/mol. The lowest BCUT2D eigenvalue weighted by Crippen LogP contribution is -2.38. The van der Waals surface area contributed by atoms with Gasteiger partial charge in [0.05, 0.1) is 6.54 Å². The lowest BCUT2D eigenvalue weighted by atomic mass is 10.1. The van der Waals surface area contributed by atoms with Gasteiger partial charge >= 0.3 is 0 Å². The topological polar surface area (TPSA) is 3.24 Å². The summed E-state index contributed by atoms with van der Waals surface area (Å²) in [6.07, 6.45) is 0.596. The number of nitrogens with zero attached hydrogens (tertiary/aromatic N) is 1. The number of piperidine rings is 1. The molecule has 1 aliphatic rings. The van der Waals surface area contributed by atoms with Gasteiger partial charge in [-0.1, -0.05) is 11.7 Å². The Morgan fingerprint density at radius 1 is 1.50 bits per heavy atom. The second-order valence-electron chi connectivity index (χ2n) is 2.40. The van der Waals surface area contributed by atoms with Gasteiger partial charge in [-0.25, -0.2) is 13.1 Å². The third-order valence-corrected chi connectivity index (χ3v) is 2.71. The Bertz CT molecular complexity index is 120. The Kier molecular flexibility index (Phi) is 2.82. The molecule has 0 aliphatic carbocycles. The lowest BCUT2D eigenvalue weighted by Gasteiger charge is -2.29. The van der Waals surface area contributed by atoms with E-state index in [1.165, 1.54) is 0 Å². The molecule has 1 heterocycles. The molecule has 0 amide bonds. The van der Waals surface area contributed by atoms with Gasteiger partial charge < -0.3 is 0 Å². The van der Waals surface area contributed by atoms with Crippen LogP contribution in [0.15, 0.2) is 0 Å². The Balaban J connectivity index is 2.40. The molecule has 0 atom stereocenters. The quantitative estimate of drug-likeness (QED) is 0.379. The maximum absolute atomic E-state index is 12.6. The number of alkyl halides is 2. The van der Waals surface area contributed by atoms with E-state index in [9.17, 15) is 8.78 Å². The average molecular weight is 185 g/mol. The lowest BCUT2D eigenvalue weighted by molar-refractivity contribution is -0.0407.